The topological polar surface area (TPSA) is 82.2 Å². The normalized spacial score (nSPS) is 21.2. The second kappa shape index (κ2) is 9.99. The summed E-state index contributed by atoms with van der Waals surface area (Å²) in [6.45, 7) is 2.05. The molecule has 3 N–H and O–H groups in total. The number of amides is 1. The average molecular weight is 375 g/mol. The van der Waals surface area contributed by atoms with Crippen molar-refractivity contribution in [2.24, 2.45) is 0 Å². The van der Waals surface area contributed by atoms with Crippen LogP contribution in [0.1, 0.15) is 68.9 Å². The summed E-state index contributed by atoms with van der Waals surface area (Å²) in [5.74, 6) is 1.81. The number of likely N-dealkylation sites (N-methyl/N-ethyl adjacent to an activating group) is 1. The van der Waals surface area contributed by atoms with Crippen LogP contribution in [0.15, 0.2) is 6.07 Å². The van der Waals surface area contributed by atoms with Crippen molar-refractivity contribution >= 4 is 11.7 Å². The van der Waals surface area contributed by atoms with Gasteiger partial charge < -0.3 is 16.0 Å². The average Bonchev–Trinajstić information content (AvgIpc) is 2.69. The van der Waals surface area contributed by atoms with E-state index in [1.165, 1.54) is 32.1 Å². The highest BCUT2D eigenvalue weighted by atomic mass is 16.2. The highest BCUT2D eigenvalue weighted by Crippen LogP contribution is 2.22. The summed E-state index contributed by atoms with van der Waals surface area (Å²) in [5, 5.41) is 9.84. The highest BCUT2D eigenvalue weighted by molar-refractivity contribution is 5.78. The molecule has 7 heteroatoms. The molecule has 3 rings (SSSR count). The Morgan fingerprint density at radius 3 is 2.67 bits per heavy atom. The fraction of sp³-hybridized carbons (Fsp3) is 0.750. The van der Waals surface area contributed by atoms with Gasteiger partial charge in [-0.25, -0.2) is 9.97 Å². The van der Waals surface area contributed by atoms with Gasteiger partial charge in [-0.1, -0.05) is 25.7 Å². The van der Waals surface area contributed by atoms with E-state index in [-0.39, 0.29) is 11.9 Å². The maximum atomic E-state index is 12.3. The van der Waals surface area contributed by atoms with Crippen LogP contribution in [0.4, 0.5) is 5.82 Å². The SMILES string of the molecule is CNc1cc(CN(C)CC(=O)NC2CCCCC2)nc(C2CCCCN2)n1. The molecule has 0 bridgehead atoms. The number of carbonyl (C=O) groups is 1. The number of nitrogens with one attached hydrogen (secondary N) is 3. The van der Waals surface area contributed by atoms with Crippen molar-refractivity contribution < 1.29 is 4.79 Å². The lowest BCUT2D eigenvalue weighted by Gasteiger charge is -2.25. The van der Waals surface area contributed by atoms with Gasteiger partial charge in [0, 0.05) is 25.7 Å². The minimum Gasteiger partial charge on any atom is -0.373 e. The summed E-state index contributed by atoms with van der Waals surface area (Å²) < 4.78 is 0. The molecule has 1 saturated heterocycles. The van der Waals surface area contributed by atoms with Crippen molar-refractivity contribution in [1.29, 1.82) is 0 Å². The van der Waals surface area contributed by atoms with Crippen molar-refractivity contribution in [2.45, 2.75) is 70.0 Å². The molecule has 7 nitrogen and oxygen atoms in total. The first-order chi connectivity index (χ1) is 13.1. The summed E-state index contributed by atoms with van der Waals surface area (Å²) in [6.07, 6.45) is 9.49. The predicted molar refractivity (Wildman–Crippen MR) is 108 cm³/mol. The van der Waals surface area contributed by atoms with Gasteiger partial charge in [-0.3, -0.25) is 9.69 Å². The van der Waals surface area contributed by atoms with Crippen LogP contribution >= 0.6 is 0 Å². The lowest BCUT2D eigenvalue weighted by Crippen LogP contribution is -2.41. The van der Waals surface area contributed by atoms with Crippen LogP contribution in [0.3, 0.4) is 0 Å². The van der Waals surface area contributed by atoms with Crippen LogP contribution in [0.2, 0.25) is 0 Å². The van der Waals surface area contributed by atoms with E-state index in [1.54, 1.807) is 0 Å². The number of piperidine rings is 1. The third-order valence-electron chi connectivity index (χ3n) is 5.49. The molecule has 1 aliphatic heterocycles. The molecular formula is C20H34N6O. The van der Waals surface area contributed by atoms with Gasteiger partial charge in [0.15, 0.2) is 0 Å². The van der Waals surface area contributed by atoms with E-state index in [0.717, 1.165) is 43.1 Å². The van der Waals surface area contributed by atoms with Crippen molar-refractivity contribution in [1.82, 2.24) is 25.5 Å². The second-order valence-corrected chi connectivity index (χ2v) is 7.93. The van der Waals surface area contributed by atoms with E-state index in [2.05, 4.69) is 20.9 Å². The number of carbonyl (C=O) groups excluding carboxylic acids is 1. The molecule has 1 atom stereocenters. The molecule has 1 amide bonds. The van der Waals surface area contributed by atoms with E-state index in [9.17, 15) is 4.79 Å². The number of nitrogens with zero attached hydrogens (tertiary/aromatic N) is 3. The summed E-state index contributed by atoms with van der Waals surface area (Å²) in [4.78, 5) is 23.8. The Balaban J connectivity index is 1.57. The van der Waals surface area contributed by atoms with Gasteiger partial charge in [0.05, 0.1) is 18.3 Å². The van der Waals surface area contributed by atoms with Crippen LogP contribution < -0.4 is 16.0 Å². The number of hydrogen-bond donors (Lipinski definition) is 3. The first-order valence-electron chi connectivity index (χ1n) is 10.4. The molecule has 2 heterocycles. The fourth-order valence-electron chi connectivity index (χ4n) is 4.05. The van der Waals surface area contributed by atoms with E-state index < -0.39 is 0 Å². The molecule has 1 aromatic rings. The van der Waals surface area contributed by atoms with E-state index in [1.807, 2.05) is 25.1 Å². The number of anilines is 1. The molecular weight excluding hydrogens is 340 g/mol. The summed E-state index contributed by atoms with van der Waals surface area (Å²) in [7, 11) is 3.85. The van der Waals surface area contributed by atoms with Crippen LogP contribution in [0.25, 0.3) is 0 Å². The fourth-order valence-corrected chi connectivity index (χ4v) is 4.05. The molecule has 1 aliphatic carbocycles. The Hall–Kier alpha value is -1.73. The molecule has 150 valence electrons. The van der Waals surface area contributed by atoms with Gasteiger partial charge in [0.1, 0.15) is 11.6 Å². The Labute approximate surface area is 162 Å². The zero-order valence-electron chi connectivity index (χ0n) is 16.8. The molecule has 1 aromatic heterocycles. The Kier molecular flexibility index (Phi) is 7.41. The lowest BCUT2D eigenvalue weighted by atomic mass is 9.95. The quantitative estimate of drug-likeness (QED) is 0.679. The third kappa shape index (κ3) is 6.14. The first-order valence-corrected chi connectivity index (χ1v) is 10.4. The third-order valence-corrected chi connectivity index (χ3v) is 5.49. The largest absolute Gasteiger partial charge is 0.373 e. The zero-order chi connectivity index (χ0) is 19.1. The van der Waals surface area contributed by atoms with Gasteiger partial charge in [0.25, 0.3) is 0 Å². The molecule has 2 fully saturated rings. The molecule has 0 spiro atoms. The number of rotatable bonds is 7. The minimum atomic E-state index is 0.112. The first kappa shape index (κ1) is 20.0. The van der Waals surface area contributed by atoms with Gasteiger partial charge in [-0.05, 0) is 39.3 Å². The summed E-state index contributed by atoms with van der Waals surface area (Å²) in [5.41, 5.74) is 0.949. The number of aromatic nitrogens is 2. The Morgan fingerprint density at radius 1 is 1.19 bits per heavy atom. The minimum absolute atomic E-state index is 0.112. The monoisotopic (exact) mass is 374 g/mol. The zero-order valence-corrected chi connectivity index (χ0v) is 16.8. The van der Waals surface area contributed by atoms with Gasteiger partial charge in [-0.15, -0.1) is 0 Å². The summed E-state index contributed by atoms with van der Waals surface area (Å²) >= 11 is 0. The maximum Gasteiger partial charge on any atom is 0.234 e. The molecule has 1 unspecified atom stereocenters. The van der Waals surface area contributed by atoms with E-state index in [4.69, 9.17) is 4.98 Å². The predicted octanol–water partition coefficient (Wildman–Crippen LogP) is 2.21. The van der Waals surface area contributed by atoms with Crippen molar-refractivity contribution in [2.75, 3.05) is 32.5 Å². The molecule has 0 aromatic carbocycles. The smallest absolute Gasteiger partial charge is 0.234 e. The van der Waals surface area contributed by atoms with Crippen LogP contribution in [0.5, 0.6) is 0 Å². The van der Waals surface area contributed by atoms with Gasteiger partial charge >= 0.3 is 0 Å². The van der Waals surface area contributed by atoms with Crippen LogP contribution in [0, 0.1) is 0 Å². The van der Waals surface area contributed by atoms with Crippen molar-refractivity contribution in [3.8, 4) is 0 Å². The van der Waals surface area contributed by atoms with Crippen molar-refractivity contribution in [3.05, 3.63) is 17.6 Å². The molecule has 1 saturated carbocycles. The summed E-state index contributed by atoms with van der Waals surface area (Å²) in [6, 6.07) is 2.56. The van der Waals surface area contributed by atoms with Crippen LogP contribution in [-0.4, -0.2) is 54.0 Å². The molecule has 2 aliphatic rings. The van der Waals surface area contributed by atoms with Crippen molar-refractivity contribution in [3.63, 3.8) is 0 Å². The van der Waals surface area contributed by atoms with E-state index >= 15 is 0 Å². The standard InChI is InChI=1S/C20H34N6O/c1-21-18-12-16(24-20(25-18)17-10-6-7-11-22-17)13-26(2)14-19(27)23-15-8-4-3-5-9-15/h12,15,17,22H,3-11,13-14H2,1-2H3,(H,23,27)(H,21,24,25). The van der Waals surface area contributed by atoms with Crippen LogP contribution in [-0.2, 0) is 11.3 Å². The number of hydrogen-bond acceptors (Lipinski definition) is 6. The Morgan fingerprint density at radius 2 is 1.96 bits per heavy atom. The lowest BCUT2D eigenvalue weighted by molar-refractivity contribution is -0.123. The van der Waals surface area contributed by atoms with E-state index in [0.29, 0.717) is 19.1 Å². The second-order valence-electron chi connectivity index (χ2n) is 7.93. The maximum absolute atomic E-state index is 12.3. The Bertz CT molecular complexity index is 610. The molecule has 27 heavy (non-hydrogen) atoms. The van der Waals surface area contributed by atoms with Gasteiger partial charge in [0.2, 0.25) is 5.91 Å². The van der Waals surface area contributed by atoms with Gasteiger partial charge in [-0.2, -0.15) is 0 Å². The highest BCUT2D eigenvalue weighted by Gasteiger charge is 2.20. The molecule has 0 radical (unpaired) electrons.